The SMILES string of the molecule is O=C(CN1CCCCCC1=O)NCC#Cc1cccc(C(F)(F)F)c1. The Morgan fingerprint density at radius 3 is 2.80 bits per heavy atom. The number of benzene rings is 1. The molecule has 0 radical (unpaired) electrons. The van der Waals surface area contributed by atoms with E-state index in [1.54, 1.807) is 0 Å². The van der Waals surface area contributed by atoms with Gasteiger partial charge in [0.05, 0.1) is 18.7 Å². The van der Waals surface area contributed by atoms with Crippen molar-refractivity contribution in [1.29, 1.82) is 0 Å². The Morgan fingerprint density at radius 2 is 2.04 bits per heavy atom. The molecule has 2 amide bonds. The van der Waals surface area contributed by atoms with Crippen LogP contribution in [0.1, 0.15) is 36.8 Å². The molecule has 2 rings (SSSR count). The van der Waals surface area contributed by atoms with Gasteiger partial charge in [-0.1, -0.05) is 24.3 Å². The number of nitrogens with one attached hydrogen (secondary N) is 1. The Hall–Kier alpha value is -2.49. The van der Waals surface area contributed by atoms with Crippen LogP contribution in [0.4, 0.5) is 13.2 Å². The number of hydrogen-bond donors (Lipinski definition) is 1. The minimum atomic E-state index is -4.41. The monoisotopic (exact) mass is 352 g/mol. The van der Waals surface area contributed by atoms with Gasteiger partial charge in [0.1, 0.15) is 0 Å². The predicted molar refractivity (Wildman–Crippen MR) is 86.4 cm³/mol. The van der Waals surface area contributed by atoms with Crippen LogP contribution in [0.5, 0.6) is 0 Å². The molecule has 1 aromatic rings. The molecule has 1 N–H and O–H groups in total. The topological polar surface area (TPSA) is 49.4 Å². The summed E-state index contributed by atoms with van der Waals surface area (Å²) in [5.41, 5.74) is -0.533. The van der Waals surface area contributed by atoms with E-state index in [-0.39, 0.29) is 30.5 Å². The number of halogens is 3. The van der Waals surface area contributed by atoms with Crippen molar-refractivity contribution < 1.29 is 22.8 Å². The molecular weight excluding hydrogens is 333 g/mol. The molecule has 1 aliphatic rings. The number of amides is 2. The summed E-state index contributed by atoms with van der Waals surface area (Å²) in [6.07, 6.45) is -1.24. The third-order valence-corrected chi connectivity index (χ3v) is 3.80. The highest BCUT2D eigenvalue weighted by atomic mass is 19.4. The van der Waals surface area contributed by atoms with Gasteiger partial charge in [0.25, 0.3) is 0 Å². The minimum Gasteiger partial charge on any atom is -0.344 e. The van der Waals surface area contributed by atoms with Crippen LogP contribution < -0.4 is 5.32 Å². The van der Waals surface area contributed by atoms with Crippen LogP contribution in [0.25, 0.3) is 0 Å². The average molecular weight is 352 g/mol. The van der Waals surface area contributed by atoms with Crippen LogP contribution in [0.3, 0.4) is 0 Å². The van der Waals surface area contributed by atoms with Crippen molar-refractivity contribution in [2.75, 3.05) is 19.6 Å². The molecule has 0 atom stereocenters. The van der Waals surface area contributed by atoms with Crippen LogP contribution in [-0.4, -0.2) is 36.3 Å². The lowest BCUT2D eigenvalue weighted by Crippen LogP contribution is -2.40. The van der Waals surface area contributed by atoms with E-state index in [0.717, 1.165) is 31.4 Å². The smallest absolute Gasteiger partial charge is 0.344 e. The first kappa shape index (κ1) is 18.8. The highest BCUT2D eigenvalue weighted by Crippen LogP contribution is 2.29. The maximum Gasteiger partial charge on any atom is 0.416 e. The van der Waals surface area contributed by atoms with E-state index in [2.05, 4.69) is 17.2 Å². The largest absolute Gasteiger partial charge is 0.416 e. The van der Waals surface area contributed by atoms with Crippen molar-refractivity contribution in [3.8, 4) is 11.8 Å². The second kappa shape index (κ2) is 8.56. The number of hydrogen-bond acceptors (Lipinski definition) is 2. The van der Waals surface area contributed by atoms with E-state index in [4.69, 9.17) is 0 Å². The predicted octanol–water partition coefficient (Wildman–Crippen LogP) is 2.58. The van der Waals surface area contributed by atoms with E-state index in [0.29, 0.717) is 13.0 Å². The lowest BCUT2D eigenvalue weighted by molar-refractivity contribution is -0.137. The molecule has 0 aliphatic carbocycles. The van der Waals surface area contributed by atoms with Crippen molar-refractivity contribution in [1.82, 2.24) is 10.2 Å². The van der Waals surface area contributed by atoms with Gasteiger partial charge >= 0.3 is 6.18 Å². The molecular formula is C18H19F3N2O2. The van der Waals surface area contributed by atoms with Gasteiger partial charge in [-0.3, -0.25) is 9.59 Å². The Morgan fingerprint density at radius 1 is 1.24 bits per heavy atom. The number of nitrogens with zero attached hydrogens (tertiary/aromatic N) is 1. The van der Waals surface area contributed by atoms with Crippen molar-refractivity contribution >= 4 is 11.8 Å². The fourth-order valence-electron chi connectivity index (χ4n) is 2.50. The molecule has 1 heterocycles. The molecule has 25 heavy (non-hydrogen) atoms. The molecule has 0 saturated carbocycles. The van der Waals surface area contributed by atoms with Crippen LogP contribution in [0.2, 0.25) is 0 Å². The zero-order chi connectivity index (χ0) is 18.3. The first-order chi connectivity index (χ1) is 11.9. The summed E-state index contributed by atoms with van der Waals surface area (Å²) in [6.45, 7) is 0.573. The third kappa shape index (κ3) is 6.14. The molecule has 7 heteroatoms. The standard InChI is InChI=1S/C18H19F3N2O2/c19-18(20,21)15-8-4-6-14(12-15)7-5-10-22-16(24)13-23-11-3-1-2-9-17(23)25/h4,6,8,12H,1-3,9-11,13H2,(H,22,24). The van der Waals surface area contributed by atoms with Crippen LogP contribution in [0.15, 0.2) is 24.3 Å². The molecule has 0 spiro atoms. The zero-order valence-corrected chi connectivity index (χ0v) is 13.7. The molecule has 0 bridgehead atoms. The number of alkyl halides is 3. The van der Waals surface area contributed by atoms with Crippen molar-refractivity contribution in [2.45, 2.75) is 31.9 Å². The molecule has 0 unspecified atom stereocenters. The van der Waals surface area contributed by atoms with Crippen LogP contribution >= 0.6 is 0 Å². The van der Waals surface area contributed by atoms with Crippen molar-refractivity contribution in [2.24, 2.45) is 0 Å². The van der Waals surface area contributed by atoms with Gasteiger partial charge in [0, 0.05) is 18.5 Å². The third-order valence-electron chi connectivity index (χ3n) is 3.80. The van der Waals surface area contributed by atoms with E-state index >= 15 is 0 Å². The minimum absolute atomic E-state index is 0.00985. The average Bonchev–Trinajstić information content (AvgIpc) is 2.76. The Kier molecular flexibility index (Phi) is 6.45. The maximum atomic E-state index is 12.6. The van der Waals surface area contributed by atoms with Crippen LogP contribution in [0, 0.1) is 11.8 Å². The van der Waals surface area contributed by atoms with Gasteiger partial charge in [-0.05, 0) is 31.0 Å². The summed E-state index contributed by atoms with van der Waals surface area (Å²) in [7, 11) is 0. The molecule has 4 nitrogen and oxygen atoms in total. The quantitative estimate of drug-likeness (QED) is 0.850. The Balaban J connectivity index is 1.84. The number of likely N-dealkylation sites (tertiary alicyclic amines) is 1. The highest BCUT2D eigenvalue weighted by molar-refractivity contribution is 5.85. The lowest BCUT2D eigenvalue weighted by atomic mass is 10.1. The molecule has 1 aliphatic heterocycles. The zero-order valence-electron chi connectivity index (χ0n) is 13.7. The fraction of sp³-hybridized carbons (Fsp3) is 0.444. The molecule has 1 aromatic carbocycles. The van der Waals surface area contributed by atoms with Gasteiger partial charge in [-0.15, -0.1) is 0 Å². The summed E-state index contributed by atoms with van der Waals surface area (Å²) in [5, 5.41) is 2.56. The molecule has 134 valence electrons. The second-order valence-corrected chi connectivity index (χ2v) is 5.78. The maximum absolute atomic E-state index is 12.6. The molecule has 0 aromatic heterocycles. The summed E-state index contributed by atoms with van der Waals surface area (Å²) in [6, 6.07) is 4.70. The van der Waals surface area contributed by atoms with Gasteiger partial charge in [0.15, 0.2) is 0 Å². The number of carbonyl (C=O) groups is 2. The first-order valence-electron chi connectivity index (χ1n) is 8.07. The van der Waals surface area contributed by atoms with Gasteiger partial charge in [-0.2, -0.15) is 13.2 Å². The molecule has 1 fully saturated rings. The number of rotatable bonds is 3. The second-order valence-electron chi connectivity index (χ2n) is 5.78. The summed E-state index contributed by atoms with van der Waals surface area (Å²) in [5.74, 6) is 4.86. The fourth-order valence-corrected chi connectivity index (χ4v) is 2.50. The van der Waals surface area contributed by atoms with Crippen molar-refractivity contribution in [3.05, 3.63) is 35.4 Å². The lowest BCUT2D eigenvalue weighted by Gasteiger charge is -2.19. The molecule has 1 saturated heterocycles. The van der Waals surface area contributed by atoms with Crippen LogP contribution in [-0.2, 0) is 15.8 Å². The van der Waals surface area contributed by atoms with Gasteiger partial charge < -0.3 is 10.2 Å². The van der Waals surface area contributed by atoms with Crippen molar-refractivity contribution in [3.63, 3.8) is 0 Å². The number of carbonyl (C=O) groups excluding carboxylic acids is 2. The first-order valence-corrected chi connectivity index (χ1v) is 8.07. The summed E-state index contributed by atoms with van der Waals surface area (Å²) in [4.78, 5) is 25.2. The van der Waals surface area contributed by atoms with E-state index in [1.165, 1.54) is 17.0 Å². The summed E-state index contributed by atoms with van der Waals surface area (Å²) >= 11 is 0. The Labute approximate surface area is 144 Å². The highest BCUT2D eigenvalue weighted by Gasteiger charge is 2.30. The summed E-state index contributed by atoms with van der Waals surface area (Å²) < 4.78 is 37.8. The normalized spacial score (nSPS) is 15.2. The Bertz CT molecular complexity index is 690. The van der Waals surface area contributed by atoms with E-state index in [1.807, 2.05) is 0 Å². The van der Waals surface area contributed by atoms with Gasteiger partial charge in [0.2, 0.25) is 11.8 Å². The van der Waals surface area contributed by atoms with Gasteiger partial charge in [-0.25, -0.2) is 0 Å². The van der Waals surface area contributed by atoms with E-state index < -0.39 is 11.7 Å². The van der Waals surface area contributed by atoms with E-state index in [9.17, 15) is 22.8 Å².